The summed E-state index contributed by atoms with van der Waals surface area (Å²) in [7, 11) is 3.95. The first-order chi connectivity index (χ1) is 10.2. The van der Waals surface area contributed by atoms with E-state index in [4.69, 9.17) is 0 Å². The molecular formula is C17H29IN4. The van der Waals surface area contributed by atoms with Crippen LogP contribution in [0.1, 0.15) is 18.9 Å². The molecule has 0 spiro atoms. The molecule has 0 saturated carbocycles. The lowest BCUT2D eigenvalue weighted by Crippen LogP contribution is -2.41. The quantitative estimate of drug-likeness (QED) is 0.455. The number of hydrogen-bond donors (Lipinski definition) is 1. The van der Waals surface area contributed by atoms with E-state index in [1.54, 1.807) is 0 Å². The van der Waals surface area contributed by atoms with Crippen molar-refractivity contribution in [1.29, 1.82) is 0 Å². The zero-order chi connectivity index (χ0) is 15.1. The van der Waals surface area contributed by atoms with Crippen LogP contribution in [-0.2, 0) is 6.54 Å². The van der Waals surface area contributed by atoms with Crippen LogP contribution in [0.25, 0.3) is 0 Å². The van der Waals surface area contributed by atoms with Gasteiger partial charge in [-0.15, -0.1) is 24.0 Å². The van der Waals surface area contributed by atoms with Crippen LogP contribution < -0.4 is 5.32 Å². The first-order valence-electron chi connectivity index (χ1n) is 7.91. The highest BCUT2D eigenvalue weighted by Crippen LogP contribution is 2.14. The van der Waals surface area contributed by atoms with E-state index in [2.05, 4.69) is 64.4 Å². The molecule has 0 bridgehead atoms. The highest BCUT2D eigenvalue weighted by molar-refractivity contribution is 14.0. The Labute approximate surface area is 152 Å². The summed E-state index contributed by atoms with van der Waals surface area (Å²) in [5.41, 5.74) is 1.31. The minimum Gasteiger partial charge on any atom is -0.356 e. The molecule has 2 rings (SSSR count). The molecular weight excluding hydrogens is 387 g/mol. The predicted molar refractivity (Wildman–Crippen MR) is 105 cm³/mol. The third-order valence-corrected chi connectivity index (χ3v) is 4.20. The van der Waals surface area contributed by atoms with Gasteiger partial charge in [0.25, 0.3) is 0 Å². The number of halogens is 1. The van der Waals surface area contributed by atoms with Gasteiger partial charge >= 0.3 is 0 Å². The van der Waals surface area contributed by atoms with E-state index >= 15 is 0 Å². The number of benzene rings is 1. The Morgan fingerprint density at radius 2 is 2.09 bits per heavy atom. The molecule has 1 aromatic rings. The Morgan fingerprint density at radius 3 is 2.68 bits per heavy atom. The number of aliphatic imine (C=N–C) groups is 1. The van der Waals surface area contributed by atoms with E-state index in [0.29, 0.717) is 0 Å². The molecule has 1 fully saturated rings. The Kier molecular flexibility index (Phi) is 8.78. The van der Waals surface area contributed by atoms with E-state index in [-0.39, 0.29) is 24.0 Å². The van der Waals surface area contributed by atoms with Gasteiger partial charge in [0, 0.05) is 33.7 Å². The normalized spacial score (nSPS) is 18.9. The van der Waals surface area contributed by atoms with E-state index in [0.717, 1.165) is 25.0 Å². The standard InChI is InChI=1S/C17H28N4.HI/c1-4-21-11-10-16(14-21)12-19-17(18-2)20(3)13-15-8-6-5-7-9-15;/h5-9,16H,4,10-14H2,1-3H3,(H,18,19);1H. The smallest absolute Gasteiger partial charge is 0.193 e. The Hall–Kier alpha value is -0.820. The Balaban J connectivity index is 0.00000242. The maximum Gasteiger partial charge on any atom is 0.193 e. The Bertz CT molecular complexity index is 449. The van der Waals surface area contributed by atoms with Gasteiger partial charge in [0.2, 0.25) is 0 Å². The summed E-state index contributed by atoms with van der Waals surface area (Å²) >= 11 is 0. The van der Waals surface area contributed by atoms with Gasteiger partial charge in [0.1, 0.15) is 0 Å². The molecule has 0 amide bonds. The molecule has 22 heavy (non-hydrogen) atoms. The number of nitrogens with one attached hydrogen (secondary N) is 1. The lowest BCUT2D eigenvalue weighted by atomic mass is 10.1. The van der Waals surface area contributed by atoms with E-state index < -0.39 is 0 Å². The number of guanidine groups is 1. The van der Waals surface area contributed by atoms with Crippen molar-refractivity contribution in [3.05, 3.63) is 35.9 Å². The first kappa shape index (κ1) is 19.2. The van der Waals surface area contributed by atoms with Crippen molar-refractivity contribution in [2.75, 3.05) is 40.3 Å². The van der Waals surface area contributed by atoms with Crippen molar-refractivity contribution in [3.63, 3.8) is 0 Å². The average Bonchev–Trinajstić information content (AvgIpc) is 2.97. The van der Waals surface area contributed by atoms with Crippen molar-refractivity contribution >= 4 is 29.9 Å². The van der Waals surface area contributed by atoms with Crippen molar-refractivity contribution in [2.24, 2.45) is 10.9 Å². The lowest BCUT2D eigenvalue weighted by molar-refractivity contribution is 0.340. The molecule has 1 N–H and O–H groups in total. The number of nitrogens with zero attached hydrogens (tertiary/aromatic N) is 3. The molecule has 1 saturated heterocycles. The summed E-state index contributed by atoms with van der Waals surface area (Å²) in [6.45, 7) is 7.75. The van der Waals surface area contributed by atoms with E-state index in [1.807, 2.05) is 7.05 Å². The molecule has 0 radical (unpaired) electrons. The second kappa shape index (κ2) is 10.0. The third-order valence-electron chi connectivity index (χ3n) is 4.20. The van der Waals surface area contributed by atoms with Gasteiger partial charge in [0.05, 0.1) is 0 Å². The molecule has 124 valence electrons. The number of likely N-dealkylation sites (tertiary alicyclic amines) is 1. The second-order valence-electron chi connectivity index (χ2n) is 5.82. The number of rotatable bonds is 5. The Morgan fingerprint density at radius 1 is 1.36 bits per heavy atom. The fourth-order valence-corrected chi connectivity index (χ4v) is 2.92. The van der Waals surface area contributed by atoms with Gasteiger partial charge in [-0.3, -0.25) is 4.99 Å². The summed E-state index contributed by atoms with van der Waals surface area (Å²) in [6.07, 6.45) is 1.29. The second-order valence-corrected chi connectivity index (χ2v) is 5.82. The van der Waals surface area contributed by atoms with Gasteiger partial charge in [-0.2, -0.15) is 0 Å². The summed E-state index contributed by atoms with van der Waals surface area (Å²) < 4.78 is 0. The molecule has 1 atom stereocenters. The van der Waals surface area contributed by atoms with Crippen LogP contribution >= 0.6 is 24.0 Å². The third kappa shape index (κ3) is 5.76. The van der Waals surface area contributed by atoms with Gasteiger partial charge < -0.3 is 15.1 Å². The molecule has 0 aliphatic carbocycles. The van der Waals surface area contributed by atoms with Gasteiger partial charge in [-0.05, 0) is 31.0 Å². The van der Waals surface area contributed by atoms with Crippen molar-refractivity contribution < 1.29 is 0 Å². The summed E-state index contributed by atoms with van der Waals surface area (Å²) in [4.78, 5) is 9.10. The lowest BCUT2D eigenvalue weighted by Gasteiger charge is -2.23. The van der Waals surface area contributed by atoms with Gasteiger partial charge in [-0.1, -0.05) is 37.3 Å². The largest absolute Gasteiger partial charge is 0.356 e. The highest BCUT2D eigenvalue weighted by Gasteiger charge is 2.21. The summed E-state index contributed by atoms with van der Waals surface area (Å²) in [6, 6.07) is 10.5. The SMILES string of the molecule is CCN1CCC(CNC(=NC)N(C)Cc2ccccc2)C1.I. The zero-order valence-corrected chi connectivity index (χ0v) is 16.3. The predicted octanol–water partition coefficient (Wildman–Crippen LogP) is 2.65. The first-order valence-corrected chi connectivity index (χ1v) is 7.91. The topological polar surface area (TPSA) is 30.9 Å². The van der Waals surface area contributed by atoms with E-state index in [1.165, 1.54) is 31.6 Å². The summed E-state index contributed by atoms with van der Waals surface area (Å²) in [5, 5.41) is 3.53. The van der Waals surface area contributed by atoms with E-state index in [9.17, 15) is 0 Å². The molecule has 0 aromatic heterocycles. The van der Waals surface area contributed by atoms with Gasteiger partial charge in [0.15, 0.2) is 5.96 Å². The number of hydrogen-bond acceptors (Lipinski definition) is 2. The minimum atomic E-state index is 0. The molecule has 1 heterocycles. The van der Waals surface area contributed by atoms with Crippen molar-refractivity contribution in [2.45, 2.75) is 19.9 Å². The van der Waals surface area contributed by atoms with Crippen LogP contribution in [0.5, 0.6) is 0 Å². The van der Waals surface area contributed by atoms with Crippen molar-refractivity contribution in [1.82, 2.24) is 15.1 Å². The fraction of sp³-hybridized carbons (Fsp3) is 0.588. The average molecular weight is 416 g/mol. The maximum absolute atomic E-state index is 4.40. The summed E-state index contributed by atoms with van der Waals surface area (Å²) in [5.74, 6) is 1.72. The van der Waals surface area contributed by atoms with Gasteiger partial charge in [-0.25, -0.2) is 0 Å². The molecule has 1 aliphatic rings. The molecule has 1 aliphatic heterocycles. The fourth-order valence-electron chi connectivity index (χ4n) is 2.92. The minimum absolute atomic E-state index is 0. The molecule has 1 unspecified atom stereocenters. The molecule has 4 nitrogen and oxygen atoms in total. The maximum atomic E-state index is 4.40. The van der Waals surface area contributed by atoms with Crippen LogP contribution in [-0.4, -0.2) is 56.0 Å². The van der Waals surface area contributed by atoms with Crippen LogP contribution in [0.4, 0.5) is 0 Å². The highest BCUT2D eigenvalue weighted by atomic mass is 127. The van der Waals surface area contributed by atoms with Crippen LogP contribution in [0.3, 0.4) is 0 Å². The monoisotopic (exact) mass is 416 g/mol. The zero-order valence-electron chi connectivity index (χ0n) is 14.0. The van der Waals surface area contributed by atoms with Crippen LogP contribution in [0.2, 0.25) is 0 Å². The molecule has 5 heteroatoms. The van der Waals surface area contributed by atoms with Crippen LogP contribution in [0, 0.1) is 5.92 Å². The molecule has 1 aromatic carbocycles. The van der Waals surface area contributed by atoms with Crippen molar-refractivity contribution in [3.8, 4) is 0 Å². The van der Waals surface area contributed by atoms with Crippen LogP contribution in [0.15, 0.2) is 35.3 Å².